The first-order valence-electron chi connectivity index (χ1n) is 6.55. The van der Waals surface area contributed by atoms with Crippen molar-refractivity contribution in [1.29, 1.82) is 0 Å². The molecule has 0 spiro atoms. The lowest BCUT2D eigenvalue weighted by Gasteiger charge is -2.27. The van der Waals surface area contributed by atoms with E-state index in [2.05, 4.69) is 41.3 Å². The minimum Gasteiger partial charge on any atom is -0.374 e. The van der Waals surface area contributed by atoms with Gasteiger partial charge >= 0.3 is 0 Å². The molecule has 3 heteroatoms. The van der Waals surface area contributed by atoms with Gasteiger partial charge in [0.25, 0.3) is 0 Å². The van der Waals surface area contributed by atoms with E-state index in [1.165, 1.54) is 29.7 Å². The van der Waals surface area contributed by atoms with Crippen molar-refractivity contribution in [3.63, 3.8) is 0 Å². The van der Waals surface area contributed by atoms with Gasteiger partial charge < -0.3 is 4.90 Å². The van der Waals surface area contributed by atoms with Crippen LogP contribution in [0.4, 0.5) is 0 Å². The van der Waals surface area contributed by atoms with Gasteiger partial charge in [0.2, 0.25) is 0 Å². The second-order valence-corrected chi connectivity index (χ2v) is 5.09. The Kier molecular flexibility index (Phi) is 2.82. The lowest BCUT2D eigenvalue weighted by Crippen LogP contribution is -2.23. The first-order chi connectivity index (χ1) is 8.74. The van der Waals surface area contributed by atoms with E-state index < -0.39 is 0 Å². The molecule has 2 aliphatic rings. The fraction of sp³-hybridized carbons (Fsp3) is 0.400. The minimum atomic E-state index is 0.970. The summed E-state index contributed by atoms with van der Waals surface area (Å²) in [6.07, 6.45) is 12.3. The van der Waals surface area contributed by atoms with Crippen LogP contribution in [0, 0.1) is 0 Å². The van der Waals surface area contributed by atoms with Crippen molar-refractivity contribution < 1.29 is 0 Å². The summed E-state index contributed by atoms with van der Waals surface area (Å²) in [7, 11) is 4.15. The quantitative estimate of drug-likeness (QED) is 0.754. The van der Waals surface area contributed by atoms with Crippen molar-refractivity contribution in [3.8, 4) is 0 Å². The molecule has 0 aromatic carbocycles. The predicted octanol–water partition coefficient (Wildman–Crippen LogP) is 2.74. The van der Waals surface area contributed by atoms with Crippen LogP contribution < -0.4 is 0 Å². The van der Waals surface area contributed by atoms with Crippen LogP contribution in [0.15, 0.2) is 41.8 Å². The van der Waals surface area contributed by atoms with Crippen LogP contribution in [-0.4, -0.2) is 28.3 Å². The molecular formula is C15H19N3. The van der Waals surface area contributed by atoms with Crippen LogP contribution in [0.1, 0.15) is 25.0 Å². The van der Waals surface area contributed by atoms with Crippen LogP contribution in [0.25, 0.3) is 5.57 Å². The Bertz CT molecular complexity index is 546. The number of hydrogen-bond acceptors (Lipinski definition) is 2. The molecule has 0 radical (unpaired) electrons. The predicted molar refractivity (Wildman–Crippen MR) is 73.8 cm³/mol. The van der Waals surface area contributed by atoms with E-state index in [0.717, 1.165) is 18.7 Å². The molecule has 0 unspecified atom stereocenters. The zero-order valence-corrected chi connectivity index (χ0v) is 11.1. The van der Waals surface area contributed by atoms with E-state index in [4.69, 9.17) is 0 Å². The Morgan fingerprint density at radius 1 is 1.28 bits per heavy atom. The van der Waals surface area contributed by atoms with Gasteiger partial charge in [-0.25, -0.2) is 0 Å². The number of aryl methyl sites for hydroxylation is 1. The highest BCUT2D eigenvalue weighted by atomic mass is 15.2. The standard InChI is InChI=1S/C15H19N3/c1-17-9-4-6-13-11-12(5-3-7-15(13)17)14-8-10-18(2)16-14/h3,7-8,10-11H,4-6,9H2,1-2H3. The fourth-order valence-corrected chi connectivity index (χ4v) is 2.71. The van der Waals surface area contributed by atoms with Crippen molar-refractivity contribution in [3.05, 3.63) is 47.5 Å². The van der Waals surface area contributed by atoms with Gasteiger partial charge in [-0.2, -0.15) is 5.10 Å². The molecule has 0 amide bonds. The lowest BCUT2D eigenvalue weighted by molar-refractivity contribution is 0.394. The molecule has 1 aromatic heterocycles. The molecule has 1 aromatic rings. The zero-order valence-electron chi connectivity index (χ0n) is 11.1. The van der Waals surface area contributed by atoms with Crippen molar-refractivity contribution in [2.45, 2.75) is 19.3 Å². The van der Waals surface area contributed by atoms with E-state index in [1.807, 2.05) is 17.9 Å². The molecule has 0 N–H and O–H groups in total. The van der Waals surface area contributed by atoms with Gasteiger partial charge in [-0.15, -0.1) is 0 Å². The Labute approximate surface area is 108 Å². The molecular weight excluding hydrogens is 222 g/mol. The first-order valence-corrected chi connectivity index (χ1v) is 6.55. The summed E-state index contributed by atoms with van der Waals surface area (Å²) in [5.41, 5.74) is 5.27. The summed E-state index contributed by atoms with van der Waals surface area (Å²) in [5, 5.41) is 4.51. The van der Waals surface area contributed by atoms with Gasteiger partial charge in [-0.3, -0.25) is 4.68 Å². The molecule has 3 nitrogen and oxygen atoms in total. The molecule has 0 saturated carbocycles. The average Bonchev–Trinajstić information content (AvgIpc) is 2.66. The molecule has 0 fully saturated rings. The Hall–Kier alpha value is -1.77. The number of aromatic nitrogens is 2. The first kappa shape index (κ1) is 11.3. The van der Waals surface area contributed by atoms with Crippen molar-refractivity contribution in [2.24, 2.45) is 7.05 Å². The summed E-state index contributed by atoms with van der Waals surface area (Å²) in [5.74, 6) is 0. The molecule has 3 rings (SSSR count). The van der Waals surface area contributed by atoms with Crippen molar-refractivity contribution in [1.82, 2.24) is 14.7 Å². The molecule has 0 saturated heterocycles. The van der Waals surface area contributed by atoms with E-state index >= 15 is 0 Å². The Morgan fingerprint density at radius 2 is 2.17 bits per heavy atom. The van der Waals surface area contributed by atoms with Crippen molar-refractivity contribution in [2.75, 3.05) is 13.6 Å². The molecule has 0 atom stereocenters. The maximum absolute atomic E-state index is 4.51. The van der Waals surface area contributed by atoms with Crippen molar-refractivity contribution >= 4 is 5.57 Å². The normalized spacial score (nSPS) is 19.7. The smallest absolute Gasteiger partial charge is 0.0885 e. The van der Waals surface area contributed by atoms with Crippen LogP contribution in [0.5, 0.6) is 0 Å². The molecule has 1 aliphatic carbocycles. The maximum Gasteiger partial charge on any atom is 0.0885 e. The average molecular weight is 241 g/mol. The largest absolute Gasteiger partial charge is 0.374 e. The number of rotatable bonds is 1. The summed E-state index contributed by atoms with van der Waals surface area (Å²) >= 11 is 0. The summed E-state index contributed by atoms with van der Waals surface area (Å²) in [6.45, 7) is 1.16. The van der Waals surface area contributed by atoms with E-state index in [1.54, 1.807) is 0 Å². The minimum absolute atomic E-state index is 0.970. The Morgan fingerprint density at radius 3 is 2.94 bits per heavy atom. The SMILES string of the molecule is CN1CCCC2=C1C=CCC(c1ccn(C)n1)=C2. The second-order valence-electron chi connectivity index (χ2n) is 5.09. The highest BCUT2D eigenvalue weighted by Gasteiger charge is 2.17. The van der Waals surface area contributed by atoms with E-state index in [0.29, 0.717) is 0 Å². The Balaban J connectivity index is 2.01. The number of allylic oxidation sites excluding steroid dienone is 5. The third kappa shape index (κ3) is 2.01. The fourth-order valence-electron chi connectivity index (χ4n) is 2.71. The van der Waals surface area contributed by atoms with Gasteiger partial charge in [0.15, 0.2) is 0 Å². The summed E-state index contributed by atoms with van der Waals surface area (Å²) in [4.78, 5) is 2.35. The van der Waals surface area contributed by atoms with Crippen LogP contribution in [0.3, 0.4) is 0 Å². The van der Waals surface area contributed by atoms with Gasteiger partial charge in [-0.1, -0.05) is 12.2 Å². The second kappa shape index (κ2) is 4.48. The molecule has 1 aliphatic heterocycles. The lowest BCUT2D eigenvalue weighted by atomic mass is 10.00. The topological polar surface area (TPSA) is 21.1 Å². The molecule has 0 bridgehead atoms. The molecule has 2 heterocycles. The number of likely N-dealkylation sites (N-methyl/N-ethyl adjacent to an activating group) is 1. The highest BCUT2D eigenvalue weighted by Crippen LogP contribution is 2.30. The summed E-state index contributed by atoms with van der Waals surface area (Å²) in [6, 6.07) is 2.10. The number of nitrogens with zero attached hydrogens (tertiary/aromatic N) is 3. The van der Waals surface area contributed by atoms with Crippen LogP contribution >= 0.6 is 0 Å². The van der Waals surface area contributed by atoms with Gasteiger partial charge in [0.1, 0.15) is 0 Å². The molecule has 94 valence electrons. The van der Waals surface area contributed by atoms with Gasteiger partial charge in [0.05, 0.1) is 5.69 Å². The maximum atomic E-state index is 4.51. The van der Waals surface area contributed by atoms with Gasteiger partial charge in [-0.05, 0) is 42.6 Å². The monoisotopic (exact) mass is 241 g/mol. The van der Waals surface area contributed by atoms with Crippen LogP contribution in [0.2, 0.25) is 0 Å². The third-order valence-corrected chi connectivity index (χ3v) is 3.68. The van der Waals surface area contributed by atoms with E-state index in [-0.39, 0.29) is 0 Å². The van der Waals surface area contributed by atoms with E-state index in [9.17, 15) is 0 Å². The molecule has 18 heavy (non-hydrogen) atoms. The number of hydrogen-bond donors (Lipinski definition) is 0. The zero-order chi connectivity index (χ0) is 12.5. The summed E-state index contributed by atoms with van der Waals surface area (Å²) < 4.78 is 1.87. The van der Waals surface area contributed by atoms with Crippen LogP contribution in [-0.2, 0) is 7.05 Å². The highest BCUT2D eigenvalue weighted by molar-refractivity contribution is 5.68. The van der Waals surface area contributed by atoms with Gasteiger partial charge in [0, 0.05) is 32.5 Å². The third-order valence-electron chi connectivity index (χ3n) is 3.68.